The van der Waals surface area contributed by atoms with E-state index in [0.717, 1.165) is 38.5 Å². The van der Waals surface area contributed by atoms with Crippen molar-refractivity contribution in [2.45, 2.75) is 72.1 Å². The first-order valence-corrected chi connectivity index (χ1v) is 8.95. The van der Waals surface area contributed by atoms with E-state index in [9.17, 15) is 9.59 Å². The van der Waals surface area contributed by atoms with Crippen LogP contribution in [0.4, 0.5) is 0 Å². The fourth-order valence-electron chi connectivity index (χ4n) is 3.09. The molecule has 1 saturated carbocycles. The van der Waals surface area contributed by atoms with E-state index >= 15 is 0 Å². The quantitative estimate of drug-likeness (QED) is 0.346. The van der Waals surface area contributed by atoms with Crippen molar-refractivity contribution in [2.75, 3.05) is 13.2 Å². The molecular formula is C18H32O4. The number of carbonyl (C=O) groups is 2. The summed E-state index contributed by atoms with van der Waals surface area (Å²) in [7, 11) is 0. The summed E-state index contributed by atoms with van der Waals surface area (Å²) in [6, 6.07) is 0. The van der Waals surface area contributed by atoms with Crippen LogP contribution in [-0.4, -0.2) is 25.2 Å². The highest BCUT2D eigenvalue weighted by molar-refractivity contribution is 5.95. The Morgan fingerprint density at radius 3 is 1.82 bits per heavy atom. The molecule has 0 bridgehead atoms. The minimum atomic E-state index is -0.753. The van der Waals surface area contributed by atoms with Gasteiger partial charge in [0, 0.05) is 0 Å². The van der Waals surface area contributed by atoms with Crippen LogP contribution in [0.2, 0.25) is 0 Å². The van der Waals surface area contributed by atoms with Gasteiger partial charge in [-0.1, -0.05) is 59.3 Å². The van der Waals surface area contributed by atoms with E-state index in [0.29, 0.717) is 19.1 Å². The maximum absolute atomic E-state index is 12.4. The van der Waals surface area contributed by atoms with E-state index in [1.54, 1.807) is 0 Å². The van der Waals surface area contributed by atoms with Gasteiger partial charge in [0.2, 0.25) is 0 Å². The second-order valence-corrected chi connectivity index (χ2v) is 6.42. The third-order valence-corrected chi connectivity index (χ3v) is 4.66. The summed E-state index contributed by atoms with van der Waals surface area (Å²) in [5.41, 5.74) is 0. The molecule has 0 saturated heterocycles. The Bertz CT molecular complexity index is 312. The second-order valence-electron chi connectivity index (χ2n) is 6.42. The molecule has 0 N–H and O–H groups in total. The number of rotatable bonds is 10. The van der Waals surface area contributed by atoms with Crippen molar-refractivity contribution in [3.63, 3.8) is 0 Å². The maximum atomic E-state index is 12.4. The van der Waals surface area contributed by atoms with Gasteiger partial charge in [0.05, 0.1) is 13.2 Å². The van der Waals surface area contributed by atoms with Gasteiger partial charge >= 0.3 is 11.9 Å². The normalized spacial score (nSPS) is 16.7. The van der Waals surface area contributed by atoms with Gasteiger partial charge < -0.3 is 9.47 Å². The Labute approximate surface area is 134 Å². The van der Waals surface area contributed by atoms with Gasteiger partial charge in [0.1, 0.15) is 0 Å². The van der Waals surface area contributed by atoms with Crippen molar-refractivity contribution in [3.8, 4) is 0 Å². The van der Waals surface area contributed by atoms with Gasteiger partial charge in [-0.25, -0.2) is 0 Å². The Balaban J connectivity index is 2.65. The van der Waals surface area contributed by atoms with Crippen LogP contribution >= 0.6 is 0 Å². The van der Waals surface area contributed by atoms with Crippen molar-refractivity contribution in [2.24, 2.45) is 17.8 Å². The smallest absolute Gasteiger partial charge is 0.320 e. The zero-order chi connectivity index (χ0) is 16.4. The van der Waals surface area contributed by atoms with E-state index in [-0.39, 0.29) is 5.92 Å². The number of hydrogen-bond acceptors (Lipinski definition) is 4. The molecule has 1 atom stereocenters. The largest absolute Gasteiger partial charge is 0.465 e. The highest BCUT2D eigenvalue weighted by atomic mass is 16.6. The van der Waals surface area contributed by atoms with Gasteiger partial charge in [-0.15, -0.1) is 0 Å². The van der Waals surface area contributed by atoms with E-state index in [1.165, 1.54) is 12.8 Å². The minimum Gasteiger partial charge on any atom is -0.465 e. The van der Waals surface area contributed by atoms with Gasteiger partial charge in [-0.3, -0.25) is 9.59 Å². The van der Waals surface area contributed by atoms with Crippen LogP contribution in [0.1, 0.15) is 72.1 Å². The number of esters is 2. The minimum absolute atomic E-state index is 0.00533. The predicted octanol–water partition coefficient (Wildman–Crippen LogP) is 4.12. The van der Waals surface area contributed by atoms with Crippen LogP contribution in [0.15, 0.2) is 0 Å². The van der Waals surface area contributed by atoms with Crippen LogP contribution < -0.4 is 0 Å². The molecule has 4 nitrogen and oxygen atoms in total. The van der Waals surface area contributed by atoms with E-state index in [4.69, 9.17) is 9.47 Å². The maximum Gasteiger partial charge on any atom is 0.320 e. The lowest BCUT2D eigenvalue weighted by atomic mass is 9.82. The average molecular weight is 312 g/mol. The van der Waals surface area contributed by atoms with Crippen LogP contribution in [0, 0.1) is 17.8 Å². The van der Waals surface area contributed by atoms with Crippen molar-refractivity contribution in [1.82, 2.24) is 0 Å². The summed E-state index contributed by atoms with van der Waals surface area (Å²) in [6.07, 6.45) is 8.19. The lowest BCUT2D eigenvalue weighted by molar-refractivity contribution is -0.165. The first-order valence-electron chi connectivity index (χ1n) is 8.95. The molecule has 0 heterocycles. The standard InChI is InChI=1S/C18H32O4/c1-4-6-12-21-17(19)16(18(20)22-13-7-5-2)14(3)15-10-8-9-11-15/h14-16H,4-13H2,1-3H3. The van der Waals surface area contributed by atoms with Crippen LogP contribution in [0.3, 0.4) is 0 Å². The molecular weight excluding hydrogens is 280 g/mol. The Morgan fingerprint density at radius 1 is 0.955 bits per heavy atom. The van der Waals surface area contributed by atoms with Crippen molar-refractivity contribution in [3.05, 3.63) is 0 Å². The molecule has 1 unspecified atom stereocenters. The number of unbranched alkanes of at least 4 members (excludes halogenated alkanes) is 2. The summed E-state index contributed by atoms with van der Waals surface area (Å²) in [4.78, 5) is 24.7. The lowest BCUT2D eigenvalue weighted by Gasteiger charge is -2.25. The fourth-order valence-corrected chi connectivity index (χ4v) is 3.09. The fraction of sp³-hybridized carbons (Fsp3) is 0.889. The third kappa shape index (κ3) is 5.98. The number of hydrogen-bond donors (Lipinski definition) is 0. The van der Waals surface area contributed by atoms with Gasteiger partial charge in [0.15, 0.2) is 5.92 Å². The summed E-state index contributed by atoms with van der Waals surface area (Å²) < 4.78 is 10.6. The Kier molecular flexibility index (Phi) is 9.17. The first kappa shape index (κ1) is 19.0. The molecule has 0 aromatic rings. The summed E-state index contributed by atoms with van der Waals surface area (Å²) in [5.74, 6) is -1.10. The van der Waals surface area contributed by atoms with Crippen molar-refractivity contribution >= 4 is 11.9 Å². The highest BCUT2D eigenvalue weighted by Gasteiger charge is 2.39. The molecule has 1 fully saturated rings. The Morgan fingerprint density at radius 2 is 1.41 bits per heavy atom. The summed E-state index contributed by atoms with van der Waals surface area (Å²) in [5, 5.41) is 0. The first-order chi connectivity index (χ1) is 10.6. The molecule has 1 aliphatic rings. The average Bonchev–Trinajstić information content (AvgIpc) is 3.02. The molecule has 0 spiro atoms. The van der Waals surface area contributed by atoms with Gasteiger partial charge in [0.25, 0.3) is 0 Å². The Hall–Kier alpha value is -1.06. The molecule has 0 aliphatic heterocycles. The summed E-state index contributed by atoms with van der Waals surface area (Å²) >= 11 is 0. The van der Waals surface area contributed by atoms with Gasteiger partial charge in [-0.05, 0) is 24.7 Å². The van der Waals surface area contributed by atoms with Gasteiger partial charge in [-0.2, -0.15) is 0 Å². The number of ether oxygens (including phenoxy) is 2. The van der Waals surface area contributed by atoms with Crippen LogP contribution in [0.25, 0.3) is 0 Å². The third-order valence-electron chi connectivity index (χ3n) is 4.66. The van der Waals surface area contributed by atoms with Crippen molar-refractivity contribution < 1.29 is 19.1 Å². The molecule has 1 rings (SSSR count). The van der Waals surface area contributed by atoms with E-state index in [1.807, 2.05) is 20.8 Å². The topological polar surface area (TPSA) is 52.6 Å². The molecule has 0 aromatic carbocycles. The monoisotopic (exact) mass is 312 g/mol. The zero-order valence-electron chi connectivity index (χ0n) is 14.4. The zero-order valence-corrected chi connectivity index (χ0v) is 14.4. The molecule has 0 radical (unpaired) electrons. The summed E-state index contributed by atoms with van der Waals surface area (Å²) in [6.45, 7) is 6.89. The predicted molar refractivity (Wildman–Crippen MR) is 86.3 cm³/mol. The van der Waals surface area contributed by atoms with Crippen LogP contribution in [-0.2, 0) is 19.1 Å². The second kappa shape index (κ2) is 10.6. The highest BCUT2D eigenvalue weighted by Crippen LogP contribution is 2.36. The molecule has 128 valence electrons. The SMILES string of the molecule is CCCCOC(=O)C(C(=O)OCCCC)C(C)C1CCCC1. The molecule has 1 aliphatic carbocycles. The van der Waals surface area contributed by atoms with Crippen LogP contribution in [0.5, 0.6) is 0 Å². The van der Waals surface area contributed by atoms with E-state index < -0.39 is 17.9 Å². The van der Waals surface area contributed by atoms with E-state index in [2.05, 4.69) is 0 Å². The lowest BCUT2D eigenvalue weighted by Crippen LogP contribution is -2.36. The molecule has 0 amide bonds. The molecule has 0 aromatic heterocycles. The molecule has 22 heavy (non-hydrogen) atoms. The number of carbonyl (C=O) groups excluding carboxylic acids is 2. The molecule has 4 heteroatoms. The van der Waals surface area contributed by atoms with Crippen molar-refractivity contribution in [1.29, 1.82) is 0 Å².